The molecule has 0 aliphatic rings. The Hall–Kier alpha value is -1.10. The summed E-state index contributed by atoms with van der Waals surface area (Å²) in [5.41, 5.74) is 4.16. The summed E-state index contributed by atoms with van der Waals surface area (Å²) in [6.45, 7) is 4.84. The molecule has 0 radical (unpaired) electrons. The van der Waals surface area contributed by atoms with Crippen molar-refractivity contribution in [1.82, 2.24) is 0 Å². The summed E-state index contributed by atoms with van der Waals surface area (Å²) in [6.07, 6.45) is 0.560. The van der Waals surface area contributed by atoms with E-state index < -0.39 is 23.3 Å². The lowest BCUT2D eigenvalue weighted by atomic mass is 9.71. The molecule has 0 saturated carbocycles. The fourth-order valence-electron chi connectivity index (χ4n) is 1.77. The molecule has 88 valence electrons. The number of nitrogens with two attached hydrogens (primary N) is 1. The molecule has 15 heavy (non-hydrogen) atoms. The standard InChI is InChI=1S/C10H19NO4/c1-4-6(5-11)7(8(12)13)10(2,3)9(14)15/h6-7H,4-5,11H2,1-3H3,(H,12,13)(H,14,15). The summed E-state index contributed by atoms with van der Waals surface area (Å²) in [7, 11) is 0. The second-order valence-electron chi connectivity index (χ2n) is 4.25. The van der Waals surface area contributed by atoms with Gasteiger partial charge in [0.15, 0.2) is 0 Å². The van der Waals surface area contributed by atoms with Gasteiger partial charge in [0.1, 0.15) is 0 Å². The van der Waals surface area contributed by atoms with Crippen molar-refractivity contribution in [3.63, 3.8) is 0 Å². The summed E-state index contributed by atoms with van der Waals surface area (Å²) < 4.78 is 0. The number of rotatable bonds is 6. The molecule has 0 aromatic rings. The molecule has 0 amide bonds. The van der Waals surface area contributed by atoms with E-state index in [-0.39, 0.29) is 12.5 Å². The van der Waals surface area contributed by atoms with Crippen LogP contribution < -0.4 is 5.73 Å². The van der Waals surface area contributed by atoms with Crippen LogP contribution in [0.5, 0.6) is 0 Å². The minimum absolute atomic E-state index is 0.185. The molecule has 4 N–H and O–H groups in total. The third kappa shape index (κ3) is 2.92. The van der Waals surface area contributed by atoms with E-state index in [9.17, 15) is 9.59 Å². The van der Waals surface area contributed by atoms with Gasteiger partial charge >= 0.3 is 11.9 Å². The predicted molar refractivity (Wildman–Crippen MR) is 55.4 cm³/mol. The maximum Gasteiger partial charge on any atom is 0.309 e. The van der Waals surface area contributed by atoms with Crippen LogP contribution in [0.4, 0.5) is 0 Å². The molecule has 0 aromatic heterocycles. The highest BCUT2D eigenvalue weighted by molar-refractivity contribution is 5.83. The Kier molecular flexibility index (Phi) is 4.74. The molecule has 0 rings (SSSR count). The number of aliphatic carboxylic acids is 2. The van der Waals surface area contributed by atoms with Gasteiger partial charge in [0, 0.05) is 0 Å². The molecule has 2 unspecified atom stereocenters. The smallest absolute Gasteiger partial charge is 0.309 e. The first kappa shape index (κ1) is 13.9. The summed E-state index contributed by atoms with van der Waals surface area (Å²) in [6, 6.07) is 0. The molecule has 2 atom stereocenters. The molecule has 0 aliphatic heterocycles. The number of carbonyl (C=O) groups is 2. The fourth-order valence-corrected chi connectivity index (χ4v) is 1.77. The molecule has 0 spiro atoms. The summed E-state index contributed by atoms with van der Waals surface area (Å²) in [4.78, 5) is 22.1. The van der Waals surface area contributed by atoms with Gasteiger partial charge < -0.3 is 15.9 Å². The monoisotopic (exact) mass is 217 g/mol. The fraction of sp³-hybridized carbons (Fsp3) is 0.800. The minimum atomic E-state index is -1.30. The van der Waals surface area contributed by atoms with Gasteiger partial charge in [-0.15, -0.1) is 0 Å². The van der Waals surface area contributed by atoms with Crippen molar-refractivity contribution in [1.29, 1.82) is 0 Å². The highest BCUT2D eigenvalue weighted by Gasteiger charge is 2.45. The van der Waals surface area contributed by atoms with Gasteiger partial charge in [0.05, 0.1) is 11.3 Å². The van der Waals surface area contributed by atoms with Gasteiger partial charge in [-0.05, 0) is 26.3 Å². The van der Waals surface area contributed by atoms with E-state index in [1.165, 1.54) is 13.8 Å². The van der Waals surface area contributed by atoms with Crippen molar-refractivity contribution in [3.05, 3.63) is 0 Å². The Labute approximate surface area is 89.3 Å². The van der Waals surface area contributed by atoms with Crippen LogP contribution in [0, 0.1) is 17.3 Å². The largest absolute Gasteiger partial charge is 0.481 e. The summed E-state index contributed by atoms with van der Waals surface area (Å²) in [5.74, 6) is -3.47. The average Bonchev–Trinajstić information content (AvgIpc) is 2.12. The molecule has 0 heterocycles. The Balaban J connectivity index is 5.12. The van der Waals surface area contributed by atoms with Crippen LogP contribution >= 0.6 is 0 Å². The van der Waals surface area contributed by atoms with Crippen molar-refractivity contribution in [2.45, 2.75) is 27.2 Å². The molecular weight excluding hydrogens is 198 g/mol. The molecule has 0 fully saturated rings. The van der Waals surface area contributed by atoms with Crippen molar-refractivity contribution in [2.24, 2.45) is 23.0 Å². The Morgan fingerprint density at radius 3 is 2.00 bits per heavy atom. The quantitative estimate of drug-likeness (QED) is 0.610. The third-order valence-corrected chi connectivity index (χ3v) is 2.89. The zero-order chi connectivity index (χ0) is 12.2. The summed E-state index contributed by atoms with van der Waals surface area (Å²) in [5, 5.41) is 18.1. The van der Waals surface area contributed by atoms with Crippen molar-refractivity contribution in [3.8, 4) is 0 Å². The highest BCUT2D eigenvalue weighted by atomic mass is 16.4. The average molecular weight is 217 g/mol. The maximum absolute atomic E-state index is 11.1. The molecule has 5 nitrogen and oxygen atoms in total. The predicted octanol–water partition coefficient (Wildman–Crippen LogP) is 0.783. The third-order valence-electron chi connectivity index (χ3n) is 2.89. The SMILES string of the molecule is CCC(CN)C(C(=O)O)C(C)(C)C(=O)O. The molecule has 0 aliphatic carbocycles. The van der Waals surface area contributed by atoms with E-state index in [0.29, 0.717) is 6.42 Å². The maximum atomic E-state index is 11.1. The molecule has 5 heteroatoms. The van der Waals surface area contributed by atoms with E-state index in [1.54, 1.807) is 0 Å². The number of carboxylic acids is 2. The van der Waals surface area contributed by atoms with Crippen LogP contribution in [0.25, 0.3) is 0 Å². The van der Waals surface area contributed by atoms with Gasteiger partial charge in [-0.3, -0.25) is 9.59 Å². The van der Waals surface area contributed by atoms with E-state index in [2.05, 4.69) is 0 Å². The van der Waals surface area contributed by atoms with Crippen molar-refractivity contribution >= 4 is 11.9 Å². The van der Waals surface area contributed by atoms with Gasteiger partial charge in [-0.1, -0.05) is 13.3 Å². The van der Waals surface area contributed by atoms with E-state index in [1.807, 2.05) is 6.92 Å². The van der Waals surface area contributed by atoms with E-state index in [0.717, 1.165) is 0 Å². The highest BCUT2D eigenvalue weighted by Crippen LogP contribution is 2.34. The van der Waals surface area contributed by atoms with Gasteiger partial charge in [0.2, 0.25) is 0 Å². The topological polar surface area (TPSA) is 101 Å². The summed E-state index contributed by atoms with van der Waals surface area (Å²) >= 11 is 0. The number of carboxylic acid groups (broad SMARTS) is 2. The second kappa shape index (κ2) is 5.11. The molecular formula is C10H19NO4. The molecule has 0 saturated heterocycles. The Morgan fingerprint density at radius 1 is 1.33 bits per heavy atom. The van der Waals surface area contributed by atoms with Crippen LogP contribution in [0.3, 0.4) is 0 Å². The first-order valence-electron chi connectivity index (χ1n) is 4.95. The van der Waals surface area contributed by atoms with E-state index >= 15 is 0 Å². The van der Waals surface area contributed by atoms with Crippen LogP contribution in [0.15, 0.2) is 0 Å². The molecule has 0 aromatic carbocycles. The second-order valence-corrected chi connectivity index (χ2v) is 4.25. The lowest BCUT2D eigenvalue weighted by Gasteiger charge is -2.32. The zero-order valence-corrected chi connectivity index (χ0v) is 9.36. The Morgan fingerprint density at radius 2 is 1.80 bits per heavy atom. The number of hydrogen-bond acceptors (Lipinski definition) is 3. The van der Waals surface area contributed by atoms with Crippen LogP contribution in [-0.4, -0.2) is 28.7 Å². The lowest BCUT2D eigenvalue weighted by Crippen LogP contribution is -2.44. The van der Waals surface area contributed by atoms with Gasteiger partial charge in [0.25, 0.3) is 0 Å². The van der Waals surface area contributed by atoms with Crippen molar-refractivity contribution in [2.75, 3.05) is 6.54 Å². The number of hydrogen-bond donors (Lipinski definition) is 3. The van der Waals surface area contributed by atoms with Crippen LogP contribution in [0.2, 0.25) is 0 Å². The zero-order valence-electron chi connectivity index (χ0n) is 9.36. The van der Waals surface area contributed by atoms with Gasteiger partial charge in [-0.25, -0.2) is 0 Å². The minimum Gasteiger partial charge on any atom is -0.481 e. The van der Waals surface area contributed by atoms with Gasteiger partial charge in [-0.2, -0.15) is 0 Å². The lowest BCUT2D eigenvalue weighted by molar-refractivity contribution is -0.163. The van der Waals surface area contributed by atoms with Crippen LogP contribution in [-0.2, 0) is 9.59 Å². The Bertz CT molecular complexity index is 246. The van der Waals surface area contributed by atoms with Crippen LogP contribution in [0.1, 0.15) is 27.2 Å². The van der Waals surface area contributed by atoms with E-state index in [4.69, 9.17) is 15.9 Å². The van der Waals surface area contributed by atoms with Crippen molar-refractivity contribution < 1.29 is 19.8 Å². The first-order valence-corrected chi connectivity index (χ1v) is 4.95. The molecule has 0 bridgehead atoms. The normalized spacial score (nSPS) is 15.7. The first-order chi connectivity index (χ1) is 6.78.